The Morgan fingerprint density at radius 2 is 1.83 bits per heavy atom. The number of rotatable bonds is 3. The fourth-order valence-corrected chi connectivity index (χ4v) is 6.69. The Labute approximate surface area is 147 Å². The van der Waals surface area contributed by atoms with Gasteiger partial charge in [0.25, 0.3) is 0 Å². The van der Waals surface area contributed by atoms with Crippen molar-refractivity contribution in [1.29, 1.82) is 0 Å². The molecule has 2 nitrogen and oxygen atoms in total. The number of benzene rings is 1. The molecule has 24 heavy (non-hydrogen) atoms. The van der Waals surface area contributed by atoms with E-state index in [1.54, 1.807) is 12.3 Å². The Kier molecular flexibility index (Phi) is 4.29. The van der Waals surface area contributed by atoms with Crippen LogP contribution in [0.25, 0.3) is 5.57 Å². The SMILES string of the molecule is C=C1C(c2ccc(OC)cc2)=C([Si](C)(C)C)C[C@]2(C)C[C@H](O)C[C@@H]12. The van der Waals surface area contributed by atoms with Crippen LogP contribution in [0.3, 0.4) is 0 Å². The van der Waals surface area contributed by atoms with E-state index in [-0.39, 0.29) is 11.5 Å². The lowest BCUT2D eigenvalue weighted by Crippen LogP contribution is -2.37. The zero-order valence-electron chi connectivity index (χ0n) is 15.6. The lowest BCUT2D eigenvalue weighted by atomic mass is 9.67. The van der Waals surface area contributed by atoms with Crippen LogP contribution in [0.5, 0.6) is 5.75 Å². The Morgan fingerprint density at radius 1 is 1.21 bits per heavy atom. The maximum Gasteiger partial charge on any atom is 0.118 e. The molecule has 130 valence electrons. The molecule has 2 aliphatic rings. The number of allylic oxidation sites excluding steroid dienone is 3. The van der Waals surface area contributed by atoms with Crippen molar-refractivity contribution >= 4 is 13.6 Å². The van der Waals surface area contributed by atoms with Gasteiger partial charge in [-0.2, -0.15) is 0 Å². The molecule has 0 spiro atoms. The van der Waals surface area contributed by atoms with Crippen molar-refractivity contribution in [3.8, 4) is 5.75 Å². The number of fused-ring (bicyclic) bond motifs is 1. The molecular formula is C21H30O2Si. The van der Waals surface area contributed by atoms with Crippen molar-refractivity contribution in [1.82, 2.24) is 0 Å². The van der Waals surface area contributed by atoms with E-state index in [4.69, 9.17) is 4.74 Å². The molecule has 0 aliphatic heterocycles. The summed E-state index contributed by atoms with van der Waals surface area (Å²) in [6, 6.07) is 8.39. The molecule has 0 unspecified atom stereocenters. The number of ether oxygens (including phenoxy) is 1. The first kappa shape index (κ1) is 17.5. The monoisotopic (exact) mass is 342 g/mol. The number of aliphatic hydroxyl groups is 1. The fourth-order valence-electron chi connectivity index (χ4n) is 4.70. The summed E-state index contributed by atoms with van der Waals surface area (Å²) in [5.41, 5.74) is 4.03. The lowest BCUT2D eigenvalue weighted by molar-refractivity contribution is 0.163. The van der Waals surface area contributed by atoms with Crippen LogP contribution in [0.1, 0.15) is 31.7 Å². The van der Waals surface area contributed by atoms with Crippen LogP contribution in [0.4, 0.5) is 0 Å². The Bertz CT molecular complexity index is 681. The van der Waals surface area contributed by atoms with Gasteiger partial charge in [-0.1, -0.05) is 50.5 Å². The highest BCUT2D eigenvalue weighted by molar-refractivity contribution is 6.84. The average molecular weight is 343 g/mol. The van der Waals surface area contributed by atoms with Crippen LogP contribution in [-0.4, -0.2) is 26.4 Å². The Balaban J connectivity index is 2.14. The maximum absolute atomic E-state index is 10.3. The van der Waals surface area contributed by atoms with E-state index in [2.05, 4.69) is 45.3 Å². The average Bonchev–Trinajstić information content (AvgIpc) is 2.81. The molecule has 0 aromatic heterocycles. The van der Waals surface area contributed by atoms with Crippen molar-refractivity contribution in [3.63, 3.8) is 0 Å². The molecule has 1 saturated carbocycles. The summed E-state index contributed by atoms with van der Waals surface area (Å²) < 4.78 is 5.31. The minimum atomic E-state index is -1.49. The molecule has 2 aliphatic carbocycles. The summed E-state index contributed by atoms with van der Waals surface area (Å²) >= 11 is 0. The van der Waals surface area contributed by atoms with Gasteiger partial charge in [-0.3, -0.25) is 0 Å². The van der Waals surface area contributed by atoms with Crippen LogP contribution < -0.4 is 4.74 Å². The standard InChI is InChI=1S/C21H30O2Si/c1-14-18-11-16(22)12-21(18,2)13-19(24(4,5)6)20(14)15-7-9-17(23-3)10-8-15/h7-10,16,18,22H,1,11-13H2,2-6H3/t16-,18+,21+/m1/s1. The summed E-state index contributed by atoms with van der Waals surface area (Å²) in [4.78, 5) is 0. The second-order valence-electron chi connectivity index (χ2n) is 8.83. The highest BCUT2D eigenvalue weighted by Gasteiger charge is 2.50. The van der Waals surface area contributed by atoms with Gasteiger partial charge in [0.2, 0.25) is 0 Å². The van der Waals surface area contributed by atoms with Gasteiger partial charge in [0.05, 0.1) is 21.3 Å². The zero-order valence-corrected chi connectivity index (χ0v) is 16.6. The van der Waals surface area contributed by atoms with Gasteiger partial charge in [-0.25, -0.2) is 0 Å². The normalized spacial score (nSPS) is 30.5. The molecule has 0 radical (unpaired) electrons. The third-order valence-corrected chi connectivity index (χ3v) is 8.20. The predicted octanol–water partition coefficient (Wildman–Crippen LogP) is 5.06. The van der Waals surface area contributed by atoms with E-state index in [0.29, 0.717) is 5.92 Å². The molecule has 1 N–H and O–H groups in total. The zero-order chi connectivity index (χ0) is 17.7. The van der Waals surface area contributed by atoms with Crippen molar-refractivity contribution in [2.75, 3.05) is 7.11 Å². The molecule has 0 saturated heterocycles. The third kappa shape index (κ3) is 2.89. The minimum absolute atomic E-state index is 0.169. The smallest absolute Gasteiger partial charge is 0.118 e. The predicted molar refractivity (Wildman–Crippen MR) is 104 cm³/mol. The number of aliphatic hydroxyl groups excluding tert-OH is 1. The van der Waals surface area contributed by atoms with Gasteiger partial charge in [-0.15, -0.1) is 0 Å². The highest BCUT2D eigenvalue weighted by atomic mass is 28.3. The first-order valence-corrected chi connectivity index (χ1v) is 12.4. The quantitative estimate of drug-likeness (QED) is 0.778. The van der Waals surface area contributed by atoms with Crippen LogP contribution in [0, 0.1) is 11.3 Å². The Morgan fingerprint density at radius 3 is 2.38 bits per heavy atom. The third-order valence-electron chi connectivity index (χ3n) is 5.96. The second kappa shape index (κ2) is 5.89. The molecule has 1 aromatic rings. The second-order valence-corrected chi connectivity index (χ2v) is 13.9. The molecule has 0 bridgehead atoms. The molecule has 0 heterocycles. The fraction of sp³-hybridized carbons (Fsp3) is 0.524. The largest absolute Gasteiger partial charge is 0.497 e. The Hall–Kier alpha value is -1.32. The maximum atomic E-state index is 10.3. The molecule has 1 aromatic carbocycles. The summed E-state index contributed by atoms with van der Waals surface area (Å²) in [5.74, 6) is 1.28. The van der Waals surface area contributed by atoms with Crippen molar-refractivity contribution in [2.24, 2.45) is 11.3 Å². The highest BCUT2D eigenvalue weighted by Crippen LogP contribution is 2.58. The molecule has 1 fully saturated rings. The van der Waals surface area contributed by atoms with Gasteiger partial charge in [0.1, 0.15) is 5.75 Å². The summed E-state index contributed by atoms with van der Waals surface area (Å²) in [6.07, 6.45) is 2.68. The summed E-state index contributed by atoms with van der Waals surface area (Å²) in [6.45, 7) is 14.1. The van der Waals surface area contributed by atoms with Gasteiger partial charge in [-0.05, 0) is 59.4 Å². The van der Waals surface area contributed by atoms with E-state index in [9.17, 15) is 5.11 Å². The van der Waals surface area contributed by atoms with Crippen LogP contribution in [0.15, 0.2) is 41.6 Å². The van der Waals surface area contributed by atoms with Crippen molar-refractivity contribution in [3.05, 3.63) is 47.2 Å². The van der Waals surface area contributed by atoms with Gasteiger partial charge < -0.3 is 9.84 Å². The summed E-state index contributed by atoms with van der Waals surface area (Å²) in [7, 11) is 0.212. The molecule has 3 heteroatoms. The number of hydrogen-bond acceptors (Lipinski definition) is 2. The molecule has 3 rings (SSSR count). The van der Waals surface area contributed by atoms with Crippen molar-refractivity contribution in [2.45, 2.75) is 51.9 Å². The molecule has 3 atom stereocenters. The summed E-state index contributed by atoms with van der Waals surface area (Å²) in [5, 5.41) is 11.9. The molecule has 0 amide bonds. The van der Waals surface area contributed by atoms with E-state index in [0.717, 1.165) is 25.0 Å². The lowest BCUT2D eigenvalue weighted by Gasteiger charge is -2.44. The van der Waals surface area contributed by atoms with E-state index < -0.39 is 8.07 Å². The number of methoxy groups -OCH3 is 1. The van der Waals surface area contributed by atoms with Gasteiger partial charge in [0.15, 0.2) is 0 Å². The van der Waals surface area contributed by atoms with Crippen molar-refractivity contribution < 1.29 is 9.84 Å². The topological polar surface area (TPSA) is 29.5 Å². The van der Waals surface area contributed by atoms with Crippen LogP contribution in [0.2, 0.25) is 19.6 Å². The minimum Gasteiger partial charge on any atom is -0.497 e. The van der Waals surface area contributed by atoms with Crippen LogP contribution in [-0.2, 0) is 0 Å². The van der Waals surface area contributed by atoms with Gasteiger partial charge >= 0.3 is 0 Å². The first-order valence-electron chi connectivity index (χ1n) is 8.91. The number of hydrogen-bond donors (Lipinski definition) is 1. The van der Waals surface area contributed by atoms with E-state index >= 15 is 0 Å². The molecular weight excluding hydrogens is 312 g/mol. The van der Waals surface area contributed by atoms with E-state index in [1.807, 2.05) is 12.1 Å². The first-order chi connectivity index (χ1) is 11.2. The van der Waals surface area contributed by atoms with E-state index in [1.165, 1.54) is 16.7 Å². The van der Waals surface area contributed by atoms with Gasteiger partial charge in [0, 0.05) is 0 Å². The van der Waals surface area contributed by atoms with Crippen LogP contribution >= 0.6 is 0 Å².